The number of rotatable bonds is 4. The van der Waals surface area contributed by atoms with Crippen LogP contribution in [0.5, 0.6) is 0 Å². The Bertz CT molecular complexity index is 963. The molecule has 0 heterocycles. The van der Waals surface area contributed by atoms with Crippen LogP contribution < -0.4 is 0 Å². The number of halogens is 2. The number of hydrogen-bond acceptors (Lipinski definition) is 0. The van der Waals surface area contributed by atoms with Gasteiger partial charge >= 0.3 is 215 Å². The topological polar surface area (TPSA) is 0 Å². The molecule has 0 atom stereocenters. The molecule has 4 aliphatic carbocycles. The molecule has 0 nitrogen and oxygen atoms in total. The predicted octanol–water partition coefficient (Wildman–Crippen LogP) is 9.80. The van der Waals surface area contributed by atoms with Crippen molar-refractivity contribution in [3.63, 3.8) is 0 Å². The van der Waals surface area contributed by atoms with Crippen molar-refractivity contribution >= 4 is 45.0 Å². The standard InChI is InChI=1S/4C6H7.2C2H6Si.2BrH.2Hf/c4*1-6-4-2-3-5-6;2*1-3-2;;;;/h4*2,4H,3H2,1H3;2*1-2H3;2*1H;;. The van der Waals surface area contributed by atoms with Crippen LogP contribution in [0.3, 0.4) is 0 Å². The van der Waals surface area contributed by atoms with Crippen LogP contribution in [0, 0.1) is 0 Å². The van der Waals surface area contributed by atoms with Gasteiger partial charge in [0.15, 0.2) is 0 Å². The van der Waals surface area contributed by atoms with Gasteiger partial charge in [0.25, 0.3) is 0 Å². The van der Waals surface area contributed by atoms with Gasteiger partial charge in [0.1, 0.15) is 0 Å². The number of allylic oxidation sites excluding steroid dienone is 16. The van der Waals surface area contributed by atoms with Gasteiger partial charge in [0.05, 0.1) is 0 Å². The first kappa shape index (κ1) is 33.1. The second-order valence-electron chi connectivity index (χ2n) is 9.82. The fraction of sp³-hybridized carbons (Fsp3) is 0.429. The molecule has 6 heteroatoms. The summed E-state index contributed by atoms with van der Waals surface area (Å²) in [4.78, 5) is 0. The zero-order chi connectivity index (χ0) is 23.4. The van der Waals surface area contributed by atoms with Crippen LogP contribution in [0.1, 0.15) is 53.4 Å². The maximum atomic E-state index is 2.55. The Morgan fingerprint density at radius 3 is 0.794 bits per heavy atom. The number of hydrogen-bond donors (Lipinski definition) is 0. The Labute approximate surface area is 245 Å². The van der Waals surface area contributed by atoms with Crippen LogP contribution in [0.2, 0.25) is 26.2 Å². The summed E-state index contributed by atoms with van der Waals surface area (Å²) in [5.74, 6) is 0. The average Bonchev–Trinajstić information content (AvgIpc) is 3.51. The molecular formula is C28H42Br2Hf2Si2. The van der Waals surface area contributed by atoms with Gasteiger partial charge < -0.3 is 0 Å². The van der Waals surface area contributed by atoms with Gasteiger partial charge in [-0.1, -0.05) is 0 Å². The van der Waals surface area contributed by atoms with Crippen molar-refractivity contribution in [1.29, 1.82) is 0 Å². The molecule has 0 spiro atoms. The zero-order valence-electron chi connectivity index (χ0n) is 22.3. The van der Waals surface area contributed by atoms with Crippen LogP contribution in [-0.2, 0) is 40.1 Å². The Morgan fingerprint density at radius 2 is 0.676 bits per heavy atom. The summed E-state index contributed by atoms with van der Waals surface area (Å²) in [7, 11) is 0. The van der Waals surface area contributed by atoms with Crippen molar-refractivity contribution in [2.75, 3.05) is 0 Å². The van der Waals surface area contributed by atoms with Crippen molar-refractivity contribution in [3.8, 4) is 0 Å². The van der Waals surface area contributed by atoms with Gasteiger partial charge in [0, 0.05) is 0 Å². The van der Waals surface area contributed by atoms with E-state index in [4.69, 9.17) is 0 Å². The Balaban J connectivity index is 0.000000321. The van der Waals surface area contributed by atoms with Gasteiger partial charge in [-0.25, -0.2) is 0 Å². The zero-order valence-corrected chi connectivity index (χ0v) is 34.9. The average molecular weight is 952 g/mol. The normalized spacial score (nSPS) is 17.9. The molecule has 184 valence electrons. The molecule has 0 saturated carbocycles. The van der Waals surface area contributed by atoms with Crippen LogP contribution >= 0.6 is 34.0 Å². The first-order valence-electron chi connectivity index (χ1n) is 12.0. The van der Waals surface area contributed by atoms with Gasteiger partial charge in [-0.05, 0) is 0 Å². The van der Waals surface area contributed by atoms with Gasteiger partial charge in [-0.3, -0.25) is 0 Å². The van der Waals surface area contributed by atoms with Crippen molar-refractivity contribution in [2.24, 2.45) is 0 Å². The summed E-state index contributed by atoms with van der Waals surface area (Å²) in [6.07, 6.45) is 24.0. The van der Waals surface area contributed by atoms with E-state index in [1.807, 2.05) is 13.3 Å². The minimum atomic E-state index is -1.62. The maximum absolute atomic E-state index is 2.55. The summed E-state index contributed by atoms with van der Waals surface area (Å²) in [6, 6.07) is 0. The van der Waals surface area contributed by atoms with E-state index in [0.29, 0.717) is 0 Å². The molecule has 4 aliphatic rings. The van der Waals surface area contributed by atoms with Gasteiger partial charge in [0.2, 0.25) is 0 Å². The molecule has 0 saturated heterocycles. The fourth-order valence-corrected chi connectivity index (χ4v) is 57.6. The summed E-state index contributed by atoms with van der Waals surface area (Å²) >= 11 is -3.24. The van der Waals surface area contributed by atoms with E-state index in [9.17, 15) is 0 Å². The van der Waals surface area contributed by atoms with Crippen LogP contribution in [-0.4, -0.2) is 11.0 Å². The first-order valence-corrected chi connectivity index (χ1v) is 35.0. The monoisotopic (exact) mass is 952 g/mol. The third kappa shape index (κ3) is 8.02. The molecule has 0 unspecified atom stereocenters. The minimum absolute atomic E-state index is 0. The Morgan fingerprint density at radius 1 is 0.471 bits per heavy atom. The summed E-state index contributed by atoms with van der Waals surface area (Å²) < 4.78 is 7.62. The molecule has 0 aliphatic heterocycles. The summed E-state index contributed by atoms with van der Waals surface area (Å²) in [6.45, 7) is 19.5. The van der Waals surface area contributed by atoms with E-state index in [2.05, 4.69) is 102 Å². The van der Waals surface area contributed by atoms with E-state index in [-0.39, 0.29) is 45.0 Å². The van der Waals surface area contributed by atoms with Crippen molar-refractivity contribution in [1.82, 2.24) is 0 Å². The van der Waals surface area contributed by atoms with Crippen LogP contribution in [0.15, 0.2) is 84.2 Å². The quantitative estimate of drug-likeness (QED) is 0.247. The summed E-state index contributed by atoms with van der Waals surface area (Å²) in [5.41, 5.74) is 6.27. The Hall–Kier alpha value is 1.05. The van der Waals surface area contributed by atoms with Gasteiger partial charge in [-0.15, -0.1) is 34.0 Å². The third-order valence-corrected chi connectivity index (χ3v) is 57.6. The van der Waals surface area contributed by atoms with E-state index < -0.39 is 40.1 Å². The van der Waals surface area contributed by atoms with Crippen LogP contribution in [0.25, 0.3) is 0 Å². The van der Waals surface area contributed by atoms with E-state index in [1.54, 1.807) is 22.3 Å². The van der Waals surface area contributed by atoms with E-state index in [0.717, 1.165) is 0 Å². The van der Waals surface area contributed by atoms with E-state index >= 15 is 0 Å². The second-order valence-corrected chi connectivity index (χ2v) is 57.6. The van der Waals surface area contributed by atoms with Crippen molar-refractivity contribution < 1.29 is 40.1 Å². The first-order chi connectivity index (χ1) is 15.2. The molecule has 0 bridgehead atoms. The second kappa shape index (κ2) is 15.5. The molecule has 0 fully saturated rings. The fourth-order valence-electron chi connectivity index (χ4n) is 5.23. The molecule has 4 rings (SSSR count). The van der Waals surface area contributed by atoms with Crippen LogP contribution in [0.4, 0.5) is 0 Å². The molecule has 0 aromatic heterocycles. The molecule has 0 amide bonds. The van der Waals surface area contributed by atoms with Gasteiger partial charge in [-0.2, -0.15) is 0 Å². The predicted molar refractivity (Wildman–Crippen MR) is 161 cm³/mol. The van der Waals surface area contributed by atoms with E-state index in [1.165, 1.54) is 25.7 Å². The Kier molecular flexibility index (Phi) is 15.0. The summed E-state index contributed by atoms with van der Waals surface area (Å²) in [5, 5.41) is 0. The van der Waals surface area contributed by atoms with Crippen molar-refractivity contribution in [2.45, 2.75) is 79.6 Å². The molecule has 0 aromatic rings. The molecule has 34 heavy (non-hydrogen) atoms. The molecular weight excluding hydrogens is 909 g/mol. The molecule has 0 N–H and O–H groups in total. The molecule has 0 radical (unpaired) electrons. The molecule has 0 aromatic carbocycles. The van der Waals surface area contributed by atoms with Crippen molar-refractivity contribution in [3.05, 3.63) is 84.2 Å². The SMILES string of the molecule is Br.Br.CC1=[C]([Hf]([C]2=C(C)C=CC2)=[Si](C)C)CC=C1.CC1=[C]([Hf]([C]2=C(C)C=CC2)=[Si](C)C)CC=C1. The third-order valence-electron chi connectivity index (χ3n) is 6.87.